The zero-order chi connectivity index (χ0) is 13.5. The van der Waals surface area contributed by atoms with Gasteiger partial charge in [0, 0.05) is 12.1 Å². The molecule has 0 atom stereocenters. The first-order valence-corrected chi connectivity index (χ1v) is 5.18. The predicted molar refractivity (Wildman–Crippen MR) is 63.8 cm³/mol. The van der Waals surface area contributed by atoms with Crippen molar-refractivity contribution < 1.29 is 19.2 Å². The average molecular weight is 249 g/mol. The number of hydrogen-bond donors (Lipinski definition) is 0. The molecule has 18 heavy (non-hydrogen) atoms. The molecule has 0 aliphatic rings. The first-order chi connectivity index (χ1) is 8.54. The minimum atomic E-state index is -0.921. The number of carbonyl (C=O) groups excluding carboxylic acids is 2. The van der Waals surface area contributed by atoms with Crippen LogP contribution in [0, 0.1) is 10.1 Å². The van der Waals surface area contributed by atoms with E-state index in [1.54, 1.807) is 6.92 Å². The van der Waals surface area contributed by atoms with Crippen molar-refractivity contribution in [1.29, 1.82) is 0 Å². The second-order valence-electron chi connectivity index (χ2n) is 3.27. The molecule has 6 nitrogen and oxygen atoms in total. The number of nitrogens with zero attached hydrogens (tertiary/aromatic N) is 1. The van der Waals surface area contributed by atoms with Crippen LogP contribution in [-0.4, -0.2) is 23.3 Å². The Hall–Kier alpha value is -2.50. The average Bonchev–Trinajstić information content (AvgIpc) is 2.36. The fraction of sp³-hybridized carbons (Fsp3) is 0.167. The summed E-state index contributed by atoms with van der Waals surface area (Å²) in [6.07, 6.45) is 2.46. The molecule has 0 amide bonds. The van der Waals surface area contributed by atoms with E-state index in [1.165, 1.54) is 30.3 Å². The number of nitro benzene ring substituents is 1. The largest absolute Gasteiger partial charge is 0.460 e. The molecule has 0 N–H and O–H groups in total. The van der Waals surface area contributed by atoms with Crippen LogP contribution in [0.4, 0.5) is 5.69 Å². The highest BCUT2D eigenvalue weighted by Gasteiger charge is 2.10. The number of carbonyl (C=O) groups is 2. The molecule has 0 aliphatic carbocycles. The van der Waals surface area contributed by atoms with E-state index < -0.39 is 16.7 Å². The lowest BCUT2D eigenvalue weighted by Crippen LogP contribution is -2.14. The second kappa shape index (κ2) is 6.29. The Balaban J connectivity index is 2.70. The van der Waals surface area contributed by atoms with Gasteiger partial charge in [-0.2, -0.15) is 0 Å². The van der Waals surface area contributed by atoms with Gasteiger partial charge in [0.05, 0.1) is 11.5 Å². The van der Waals surface area contributed by atoms with Gasteiger partial charge in [-0.1, -0.05) is 6.08 Å². The molecule has 6 heteroatoms. The number of esters is 1. The van der Waals surface area contributed by atoms with Crippen molar-refractivity contribution in [3.05, 3.63) is 46.0 Å². The Kier molecular flexibility index (Phi) is 4.74. The first kappa shape index (κ1) is 13.6. The molecule has 0 aromatic heterocycles. The van der Waals surface area contributed by atoms with Gasteiger partial charge in [0.2, 0.25) is 0 Å². The summed E-state index contributed by atoms with van der Waals surface area (Å²) in [5.74, 6) is -1.69. The molecule has 0 bridgehead atoms. The van der Waals surface area contributed by atoms with Crippen LogP contribution >= 0.6 is 0 Å². The van der Waals surface area contributed by atoms with Crippen LogP contribution in [0.1, 0.15) is 12.5 Å². The van der Waals surface area contributed by atoms with Gasteiger partial charge in [-0.15, -0.1) is 0 Å². The number of benzene rings is 1. The number of rotatable bonds is 5. The highest BCUT2D eigenvalue weighted by atomic mass is 16.6. The fourth-order valence-corrected chi connectivity index (χ4v) is 1.15. The Morgan fingerprint density at radius 1 is 1.33 bits per heavy atom. The Morgan fingerprint density at radius 2 is 1.94 bits per heavy atom. The van der Waals surface area contributed by atoms with Crippen molar-refractivity contribution in [2.45, 2.75) is 6.92 Å². The van der Waals surface area contributed by atoms with Crippen molar-refractivity contribution in [2.24, 2.45) is 0 Å². The van der Waals surface area contributed by atoms with Gasteiger partial charge in [-0.3, -0.25) is 14.9 Å². The summed E-state index contributed by atoms with van der Waals surface area (Å²) in [5, 5.41) is 10.4. The summed E-state index contributed by atoms with van der Waals surface area (Å²) >= 11 is 0. The second-order valence-corrected chi connectivity index (χ2v) is 3.27. The highest BCUT2D eigenvalue weighted by molar-refractivity contribution is 6.39. The molecule has 0 heterocycles. The van der Waals surface area contributed by atoms with Crippen molar-refractivity contribution in [2.75, 3.05) is 6.61 Å². The monoisotopic (exact) mass is 249 g/mol. The zero-order valence-electron chi connectivity index (χ0n) is 9.66. The number of non-ortho nitro benzene ring substituents is 1. The van der Waals surface area contributed by atoms with Gasteiger partial charge in [0.25, 0.3) is 11.5 Å². The third-order valence-electron chi connectivity index (χ3n) is 2.01. The molecular formula is C12H11NO5. The van der Waals surface area contributed by atoms with E-state index in [2.05, 4.69) is 4.74 Å². The van der Waals surface area contributed by atoms with Crippen LogP contribution in [-0.2, 0) is 14.3 Å². The van der Waals surface area contributed by atoms with Gasteiger partial charge >= 0.3 is 5.97 Å². The molecule has 0 aliphatic heterocycles. The van der Waals surface area contributed by atoms with Crippen LogP contribution in [0.25, 0.3) is 6.08 Å². The van der Waals surface area contributed by atoms with Crippen molar-refractivity contribution in [3.63, 3.8) is 0 Å². The van der Waals surface area contributed by atoms with E-state index in [-0.39, 0.29) is 12.3 Å². The SMILES string of the molecule is CCOC(=O)C(=O)/C=C/c1ccc([N+](=O)[O-])cc1. The maximum atomic E-state index is 11.2. The van der Waals surface area contributed by atoms with Crippen molar-refractivity contribution >= 4 is 23.5 Å². The molecule has 0 fully saturated rings. The molecule has 1 aromatic rings. The summed E-state index contributed by atoms with van der Waals surface area (Å²) in [6, 6.07) is 5.59. The summed E-state index contributed by atoms with van der Waals surface area (Å²) in [6.45, 7) is 1.74. The molecule has 1 rings (SSSR count). The standard InChI is InChI=1S/C12H11NO5/c1-2-18-12(15)11(14)8-5-9-3-6-10(7-4-9)13(16)17/h3-8H,2H2,1H3/b8-5+. The van der Waals surface area contributed by atoms with Gasteiger partial charge in [0.1, 0.15) is 0 Å². The smallest absolute Gasteiger partial charge is 0.379 e. The normalized spacial score (nSPS) is 10.3. The molecule has 0 saturated heterocycles. The molecule has 1 aromatic carbocycles. The Bertz CT molecular complexity index is 490. The van der Waals surface area contributed by atoms with Gasteiger partial charge in [0.15, 0.2) is 0 Å². The number of ketones is 1. The third kappa shape index (κ3) is 3.82. The quantitative estimate of drug-likeness (QED) is 0.261. The van der Waals surface area contributed by atoms with Crippen LogP contribution < -0.4 is 0 Å². The van der Waals surface area contributed by atoms with Crippen molar-refractivity contribution in [1.82, 2.24) is 0 Å². The molecule has 0 unspecified atom stereocenters. The lowest BCUT2D eigenvalue weighted by Gasteiger charge is -1.96. The van der Waals surface area contributed by atoms with Crippen molar-refractivity contribution in [3.8, 4) is 0 Å². The number of nitro groups is 1. The summed E-state index contributed by atoms with van der Waals surface area (Å²) < 4.78 is 4.51. The molecule has 0 saturated carbocycles. The van der Waals surface area contributed by atoms with E-state index in [9.17, 15) is 19.7 Å². The van der Waals surface area contributed by atoms with Gasteiger partial charge < -0.3 is 4.74 Å². The lowest BCUT2D eigenvalue weighted by molar-refractivity contribution is -0.384. The van der Waals surface area contributed by atoms with E-state index >= 15 is 0 Å². The Morgan fingerprint density at radius 3 is 2.44 bits per heavy atom. The third-order valence-corrected chi connectivity index (χ3v) is 2.01. The minimum Gasteiger partial charge on any atom is -0.460 e. The maximum absolute atomic E-state index is 11.2. The minimum absolute atomic E-state index is 0.0381. The van der Waals surface area contributed by atoms with Gasteiger partial charge in [-0.25, -0.2) is 4.79 Å². The van der Waals surface area contributed by atoms with Crippen LogP contribution in [0.2, 0.25) is 0 Å². The van der Waals surface area contributed by atoms with Gasteiger partial charge in [-0.05, 0) is 30.7 Å². The summed E-state index contributed by atoms with van der Waals surface area (Å²) in [7, 11) is 0. The molecular weight excluding hydrogens is 238 g/mol. The Labute approximate surface area is 103 Å². The zero-order valence-corrected chi connectivity index (χ0v) is 9.66. The molecule has 94 valence electrons. The predicted octanol–water partition coefficient (Wildman–Crippen LogP) is 1.74. The molecule has 0 radical (unpaired) electrons. The van der Waals surface area contributed by atoms with E-state index in [4.69, 9.17) is 0 Å². The number of ether oxygens (including phenoxy) is 1. The summed E-state index contributed by atoms with van der Waals surface area (Å²) in [4.78, 5) is 32.1. The fourth-order valence-electron chi connectivity index (χ4n) is 1.15. The number of hydrogen-bond acceptors (Lipinski definition) is 5. The summed E-state index contributed by atoms with van der Waals surface area (Å²) in [5.41, 5.74) is 0.544. The molecule has 0 spiro atoms. The van der Waals surface area contributed by atoms with E-state index in [0.717, 1.165) is 6.08 Å². The lowest BCUT2D eigenvalue weighted by atomic mass is 10.2. The van der Waals surface area contributed by atoms with Crippen LogP contribution in [0.3, 0.4) is 0 Å². The van der Waals surface area contributed by atoms with Crippen LogP contribution in [0.5, 0.6) is 0 Å². The first-order valence-electron chi connectivity index (χ1n) is 5.18. The maximum Gasteiger partial charge on any atom is 0.379 e. The van der Waals surface area contributed by atoms with Crippen LogP contribution in [0.15, 0.2) is 30.3 Å². The highest BCUT2D eigenvalue weighted by Crippen LogP contribution is 2.12. The van der Waals surface area contributed by atoms with E-state index in [1.807, 2.05) is 0 Å². The van der Waals surface area contributed by atoms with E-state index in [0.29, 0.717) is 5.56 Å². The topological polar surface area (TPSA) is 86.5 Å².